The number of unbranched alkanes of at least 4 members (excludes halogenated alkanes) is 24. The van der Waals surface area contributed by atoms with Crippen LogP contribution in [0, 0.1) is 5.82 Å². The van der Waals surface area contributed by atoms with E-state index in [0.29, 0.717) is 19.0 Å². The molecule has 0 radical (unpaired) electrons. The van der Waals surface area contributed by atoms with Gasteiger partial charge in [-0.15, -0.1) is 0 Å². The zero-order chi connectivity index (χ0) is 37.3. The van der Waals surface area contributed by atoms with E-state index >= 15 is 0 Å². The zero-order valence-electron chi connectivity index (χ0n) is 32.1. The van der Waals surface area contributed by atoms with Gasteiger partial charge < -0.3 is 14.9 Å². The van der Waals surface area contributed by atoms with Gasteiger partial charge in [-0.3, -0.25) is 23.9 Å². The van der Waals surface area contributed by atoms with E-state index in [4.69, 9.17) is 4.74 Å². The number of hydrogen-bond donors (Lipinski definition) is 3. The highest BCUT2D eigenvalue weighted by molar-refractivity contribution is 5.91. The van der Waals surface area contributed by atoms with E-state index in [2.05, 4.69) is 13.8 Å². The van der Waals surface area contributed by atoms with Gasteiger partial charge >= 0.3 is 5.69 Å². The molecule has 294 valence electrons. The third-order valence-electron chi connectivity index (χ3n) is 10.6. The highest BCUT2D eigenvalue weighted by atomic mass is 19.1. The summed E-state index contributed by atoms with van der Waals surface area (Å²) in [7, 11) is 0. The number of Topliss-reactive ketones (excluding diaryl/α,β-unsaturated/α-hetero) is 2. The van der Waals surface area contributed by atoms with Crippen molar-refractivity contribution in [3.05, 3.63) is 32.9 Å². The molecule has 2 heterocycles. The van der Waals surface area contributed by atoms with Crippen molar-refractivity contribution in [3.63, 3.8) is 0 Å². The van der Waals surface area contributed by atoms with Gasteiger partial charge in [0.05, 0.1) is 6.20 Å². The molecule has 1 fully saturated rings. The Morgan fingerprint density at radius 3 is 1.57 bits per heavy atom. The van der Waals surface area contributed by atoms with Gasteiger partial charge in [0.1, 0.15) is 18.4 Å². The maximum absolute atomic E-state index is 14.1. The number of rotatable bonds is 32. The normalized spacial score (nSPS) is 19.5. The molecule has 1 saturated heterocycles. The first kappa shape index (κ1) is 45.0. The summed E-state index contributed by atoms with van der Waals surface area (Å²) in [6.07, 6.45) is 25.4. The van der Waals surface area contributed by atoms with Crippen molar-refractivity contribution in [2.45, 2.75) is 224 Å². The lowest BCUT2D eigenvalue weighted by atomic mass is 9.83. The fourth-order valence-electron chi connectivity index (χ4n) is 7.31. The number of ether oxygens (including phenoxy) is 1. The number of nitrogens with one attached hydrogen (secondary N) is 1. The van der Waals surface area contributed by atoms with Crippen LogP contribution in [-0.2, 0) is 14.3 Å². The number of aliphatic hydroxyl groups is 2. The molecular formula is C41H71FN2O7. The molecule has 0 saturated carbocycles. The number of H-pyrrole nitrogens is 1. The van der Waals surface area contributed by atoms with Crippen LogP contribution < -0.4 is 11.2 Å². The maximum Gasteiger partial charge on any atom is 0.330 e. The minimum Gasteiger partial charge on any atom is -0.382 e. The van der Waals surface area contributed by atoms with Crippen LogP contribution in [0.25, 0.3) is 0 Å². The second-order valence-corrected chi connectivity index (χ2v) is 15.1. The summed E-state index contributed by atoms with van der Waals surface area (Å²) in [6, 6.07) is 0. The number of nitrogens with zero attached hydrogens (tertiary/aromatic N) is 1. The quantitative estimate of drug-likeness (QED) is 0.0631. The highest BCUT2D eigenvalue weighted by Gasteiger charge is 2.56. The Morgan fingerprint density at radius 2 is 1.14 bits per heavy atom. The van der Waals surface area contributed by atoms with Crippen molar-refractivity contribution < 1.29 is 28.9 Å². The Kier molecular flexibility index (Phi) is 23.4. The lowest BCUT2D eigenvalue weighted by Crippen LogP contribution is -2.53. The second kappa shape index (κ2) is 26.6. The molecule has 0 spiro atoms. The Bertz CT molecular complexity index is 1220. The summed E-state index contributed by atoms with van der Waals surface area (Å²) in [5.74, 6) is -2.36. The van der Waals surface area contributed by atoms with Gasteiger partial charge in [0, 0.05) is 19.3 Å². The molecule has 1 unspecified atom stereocenters. The zero-order valence-corrected chi connectivity index (χ0v) is 32.1. The highest BCUT2D eigenvalue weighted by Crippen LogP contribution is 2.40. The Hall–Kier alpha value is -2.17. The molecular weight excluding hydrogens is 651 g/mol. The molecule has 3 N–H and O–H groups in total. The van der Waals surface area contributed by atoms with Gasteiger partial charge in [-0.05, 0) is 12.8 Å². The van der Waals surface area contributed by atoms with Crippen LogP contribution in [0.2, 0.25) is 0 Å². The van der Waals surface area contributed by atoms with Crippen molar-refractivity contribution in [1.29, 1.82) is 0 Å². The monoisotopic (exact) mass is 723 g/mol. The number of aromatic amines is 1. The average Bonchev–Trinajstić information content (AvgIpc) is 3.47. The van der Waals surface area contributed by atoms with Crippen molar-refractivity contribution >= 4 is 11.6 Å². The lowest BCUT2D eigenvalue weighted by molar-refractivity contribution is -0.160. The summed E-state index contributed by atoms with van der Waals surface area (Å²) in [6.45, 7) is 4.46. The van der Waals surface area contributed by atoms with Gasteiger partial charge in [-0.2, -0.15) is 4.39 Å². The van der Waals surface area contributed by atoms with Gasteiger partial charge in [-0.25, -0.2) is 4.79 Å². The topological polar surface area (TPSA) is 139 Å². The Balaban J connectivity index is 1.82. The van der Waals surface area contributed by atoms with E-state index in [9.17, 15) is 33.8 Å². The van der Waals surface area contributed by atoms with Crippen LogP contribution in [0.1, 0.15) is 206 Å². The molecule has 1 aromatic rings. The van der Waals surface area contributed by atoms with Crippen molar-refractivity contribution in [3.8, 4) is 0 Å². The number of aromatic nitrogens is 2. The Morgan fingerprint density at radius 1 is 0.745 bits per heavy atom. The average molecular weight is 723 g/mol. The van der Waals surface area contributed by atoms with Crippen LogP contribution in [0.4, 0.5) is 4.39 Å². The molecule has 4 atom stereocenters. The fraction of sp³-hybridized carbons (Fsp3) is 0.854. The first-order chi connectivity index (χ1) is 24.7. The maximum atomic E-state index is 14.1. The minimum atomic E-state index is -2.25. The minimum absolute atomic E-state index is 0.0233. The van der Waals surface area contributed by atoms with Crippen LogP contribution in [0.15, 0.2) is 15.8 Å². The predicted octanol–water partition coefficient (Wildman–Crippen LogP) is 9.16. The summed E-state index contributed by atoms with van der Waals surface area (Å²) in [5, 5.41) is 22.8. The molecule has 2 rings (SSSR count). The van der Waals surface area contributed by atoms with E-state index in [0.717, 1.165) is 49.5 Å². The van der Waals surface area contributed by atoms with E-state index in [-0.39, 0.29) is 12.8 Å². The van der Waals surface area contributed by atoms with Crippen LogP contribution in [0.5, 0.6) is 0 Å². The molecule has 51 heavy (non-hydrogen) atoms. The largest absolute Gasteiger partial charge is 0.382 e. The molecule has 0 aliphatic carbocycles. The number of halogens is 1. The Labute approximate surface area is 306 Å². The predicted molar refractivity (Wildman–Crippen MR) is 201 cm³/mol. The molecule has 9 nitrogen and oxygen atoms in total. The molecule has 0 bridgehead atoms. The fourth-order valence-corrected chi connectivity index (χ4v) is 7.31. The summed E-state index contributed by atoms with van der Waals surface area (Å²) in [4.78, 5) is 52.6. The smallest absolute Gasteiger partial charge is 0.330 e. The lowest BCUT2D eigenvalue weighted by Gasteiger charge is -2.29. The first-order valence-electron chi connectivity index (χ1n) is 20.8. The molecule has 0 aromatic carbocycles. The van der Waals surface area contributed by atoms with Gasteiger partial charge in [0.2, 0.25) is 5.82 Å². The number of carbonyl (C=O) groups is 2. The number of hydrogen-bond acceptors (Lipinski definition) is 7. The van der Waals surface area contributed by atoms with Crippen molar-refractivity contribution in [2.75, 3.05) is 0 Å². The van der Waals surface area contributed by atoms with Crippen molar-refractivity contribution in [1.82, 2.24) is 9.55 Å². The van der Waals surface area contributed by atoms with Crippen LogP contribution in [0.3, 0.4) is 0 Å². The SMILES string of the molecule is CCCCCCCCCCCCCCCC(=O)C(O)[C@H]1O[C@@H](n2cc(F)c(=O)[nH]c2=O)C[C@@]1(O)C(=O)CCCCCCCCCCCCCCC. The van der Waals surface area contributed by atoms with Gasteiger partial charge in [-0.1, -0.05) is 168 Å². The molecule has 1 aromatic heterocycles. The van der Waals surface area contributed by atoms with Crippen LogP contribution in [-0.4, -0.2) is 49.1 Å². The van der Waals surface area contributed by atoms with E-state index in [1.54, 1.807) is 0 Å². The second-order valence-electron chi connectivity index (χ2n) is 15.1. The van der Waals surface area contributed by atoms with E-state index < -0.39 is 59.1 Å². The summed E-state index contributed by atoms with van der Waals surface area (Å²) in [5.41, 5.74) is -4.43. The summed E-state index contributed by atoms with van der Waals surface area (Å²) < 4.78 is 20.7. The first-order valence-corrected chi connectivity index (χ1v) is 20.8. The third-order valence-corrected chi connectivity index (χ3v) is 10.6. The third kappa shape index (κ3) is 17.0. The van der Waals surface area contributed by atoms with Crippen LogP contribution >= 0.6 is 0 Å². The van der Waals surface area contributed by atoms with Crippen molar-refractivity contribution in [2.24, 2.45) is 0 Å². The number of ketones is 2. The number of carbonyl (C=O) groups excluding carboxylic acids is 2. The molecule has 1 aliphatic rings. The summed E-state index contributed by atoms with van der Waals surface area (Å²) >= 11 is 0. The van der Waals surface area contributed by atoms with E-state index in [1.807, 2.05) is 4.98 Å². The number of aliphatic hydroxyl groups excluding tert-OH is 1. The van der Waals surface area contributed by atoms with Gasteiger partial charge in [0.25, 0.3) is 5.56 Å². The van der Waals surface area contributed by atoms with Gasteiger partial charge in [0.15, 0.2) is 17.2 Å². The van der Waals surface area contributed by atoms with E-state index in [1.165, 1.54) is 109 Å². The molecule has 1 aliphatic heterocycles. The molecule has 10 heteroatoms. The molecule has 0 amide bonds. The standard InChI is InChI=1S/C41H71FN2O7/c1-3-5-7-9-11-13-15-17-19-21-23-25-27-29-34(45)37(47)38-41(50,31-36(51-38)44-32-33(42)39(48)43-40(44)49)35(46)30-28-26-24-22-20-18-16-14-12-10-8-6-4-2/h32,36-38,47,50H,3-31H2,1-2H3,(H,43,48,49)/t36-,37?,38-,41-/m1/s1.